The van der Waals surface area contributed by atoms with E-state index in [2.05, 4.69) is 16.0 Å². The van der Waals surface area contributed by atoms with Crippen molar-refractivity contribution in [2.24, 2.45) is 23.1 Å². The van der Waals surface area contributed by atoms with E-state index in [-0.39, 0.29) is 12.8 Å². The molecule has 0 heterocycles. The number of aliphatic hydroxyl groups is 1. The van der Waals surface area contributed by atoms with Gasteiger partial charge in [-0.05, 0) is 19.3 Å². The van der Waals surface area contributed by atoms with Crippen LogP contribution in [0.25, 0.3) is 0 Å². The highest BCUT2D eigenvalue weighted by molar-refractivity contribution is 5.96. The molecule has 14 nitrogen and oxygen atoms in total. The van der Waals surface area contributed by atoms with Gasteiger partial charge in [-0.2, -0.15) is 0 Å². The molecule has 6 atom stereocenters. The Balaban J connectivity index is 5.59. The van der Waals surface area contributed by atoms with E-state index in [1.54, 1.807) is 13.8 Å². The first-order chi connectivity index (χ1) is 15.2. The summed E-state index contributed by atoms with van der Waals surface area (Å²) in [6.07, 6.45) is -2.00. The first-order valence-electron chi connectivity index (χ1n) is 10.3. The number of primary amides is 2. The topological polar surface area (TPSA) is 257 Å². The van der Waals surface area contributed by atoms with Crippen molar-refractivity contribution in [1.29, 1.82) is 0 Å². The molecule has 0 saturated carbocycles. The molecule has 0 fully saturated rings. The molecule has 188 valence electrons. The largest absolute Gasteiger partial charge is 0.480 e. The summed E-state index contributed by atoms with van der Waals surface area (Å²) in [5, 5.41) is 25.6. The van der Waals surface area contributed by atoms with E-state index in [4.69, 9.17) is 17.2 Å². The van der Waals surface area contributed by atoms with Crippen LogP contribution in [0.4, 0.5) is 0 Å². The molecular weight excluding hydrogens is 440 g/mol. The SMILES string of the molecule is CCC(C)C(NC(=O)C(CC(N)=O)NC(=O)C(N)C(C)O)C(=O)NC(CCC(N)=O)C(=O)O. The molecule has 11 N–H and O–H groups in total. The van der Waals surface area contributed by atoms with Crippen LogP contribution in [0.15, 0.2) is 0 Å². The zero-order valence-electron chi connectivity index (χ0n) is 18.9. The molecule has 0 aromatic carbocycles. The highest BCUT2D eigenvalue weighted by atomic mass is 16.4. The Morgan fingerprint density at radius 3 is 1.82 bits per heavy atom. The van der Waals surface area contributed by atoms with Gasteiger partial charge in [0, 0.05) is 6.42 Å². The third-order valence-electron chi connectivity index (χ3n) is 4.95. The molecule has 0 aromatic rings. The van der Waals surface area contributed by atoms with Crippen molar-refractivity contribution in [3.63, 3.8) is 0 Å². The first-order valence-corrected chi connectivity index (χ1v) is 10.3. The lowest BCUT2D eigenvalue weighted by molar-refractivity contribution is -0.143. The summed E-state index contributed by atoms with van der Waals surface area (Å²) in [4.78, 5) is 71.4. The first kappa shape index (κ1) is 29.7. The lowest BCUT2D eigenvalue weighted by Crippen LogP contribution is -2.60. The van der Waals surface area contributed by atoms with E-state index in [0.717, 1.165) is 0 Å². The molecule has 0 aliphatic rings. The van der Waals surface area contributed by atoms with Crippen LogP contribution in [-0.2, 0) is 28.8 Å². The van der Waals surface area contributed by atoms with Gasteiger partial charge in [-0.15, -0.1) is 0 Å². The van der Waals surface area contributed by atoms with Crippen molar-refractivity contribution in [1.82, 2.24) is 16.0 Å². The van der Waals surface area contributed by atoms with Crippen LogP contribution in [0.3, 0.4) is 0 Å². The lowest BCUT2D eigenvalue weighted by Gasteiger charge is -2.28. The van der Waals surface area contributed by atoms with Crippen molar-refractivity contribution in [2.45, 2.75) is 76.7 Å². The fraction of sp³-hybridized carbons (Fsp3) is 0.684. The van der Waals surface area contributed by atoms with E-state index in [1.165, 1.54) is 6.92 Å². The van der Waals surface area contributed by atoms with Crippen LogP contribution < -0.4 is 33.2 Å². The molecular formula is C19H34N6O8. The minimum absolute atomic E-state index is 0.255. The molecule has 0 saturated heterocycles. The lowest BCUT2D eigenvalue weighted by atomic mass is 9.97. The van der Waals surface area contributed by atoms with Crippen molar-refractivity contribution >= 4 is 35.5 Å². The number of carboxylic acids is 1. The molecule has 0 aliphatic heterocycles. The normalized spacial score (nSPS) is 16.3. The van der Waals surface area contributed by atoms with Gasteiger partial charge in [0.05, 0.1) is 12.5 Å². The highest BCUT2D eigenvalue weighted by Crippen LogP contribution is 2.10. The van der Waals surface area contributed by atoms with Crippen molar-refractivity contribution in [2.75, 3.05) is 0 Å². The monoisotopic (exact) mass is 474 g/mol. The zero-order chi connectivity index (χ0) is 25.9. The van der Waals surface area contributed by atoms with Gasteiger partial charge >= 0.3 is 5.97 Å². The number of carbonyl (C=O) groups is 6. The summed E-state index contributed by atoms with van der Waals surface area (Å²) in [6.45, 7) is 4.60. The predicted octanol–water partition coefficient (Wildman–Crippen LogP) is -3.58. The van der Waals surface area contributed by atoms with Gasteiger partial charge in [-0.3, -0.25) is 24.0 Å². The van der Waals surface area contributed by atoms with E-state index in [1.807, 2.05) is 0 Å². The Hall–Kier alpha value is -3.26. The number of aliphatic carboxylic acids is 1. The summed E-state index contributed by atoms with van der Waals surface area (Å²) >= 11 is 0. The Kier molecular flexibility index (Phi) is 12.6. The van der Waals surface area contributed by atoms with Gasteiger partial charge in [0.1, 0.15) is 24.2 Å². The second-order valence-electron chi connectivity index (χ2n) is 7.77. The number of carboxylic acid groups (broad SMARTS) is 1. The Morgan fingerprint density at radius 2 is 1.39 bits per heavy atom. The van der Waals surface area contributed by atoms with Crippen LogP contribution in [0.1, 0.15) is 46.5 Å². The summed E-state index contributed by atoms with van der Waals surface area (Å²) in [7, 11) is 0. The second-order valence-corrected chi connectivity index (χ2v) is 7.77. The van der Waals surface area contributed by atoms with Gasteiger partial charge in [-0.25, -0.2) is 4.79 Å². The molecule has 5 amide bonds. The average molecular weight is 475 g/mol. The van der Waals surface area contributed by atoms with Crippen molar-refractivity contribution in [3.8, 4) is 0 Å². The average Bonchev–Trinajstić information content (AvgIpc) is 2.71. The fourth-order valence-corrected chi connectivity index (χ4v) is 2.66. The van der Waals surface area contributed by atoms with Gasteiger partial charge in [-0.1, -0.05) is 20.3 Å². The van der Waals surface area contributed by atoms with Gasteiger partial charge in [0.15, 0.2) is 0 Å². The molecule has 0 spiro atoms. The minimum atomic E-state index is -1.50. The third-order valence-corrected chi connectivity index (χ3v) is 4.95. The smallest absolute Gasteiger partial charge is 0.326 e. The molecule has 0 bridgehead atoms. The number of amides is 5. The molecule has 6 unspecified atom stereocenters. The third kappa shape index (κ3) is 10.7. The molecule has 33 heavy (non-hydrogen) atoms. The standard InChI is InChI=1S/C19H34N6O8/c1-4-8(2)15(18(31)23-10(19(32)33)5-6-12(20)27)25-16(29)11(7-13(21)28)24-17(30)14(22)9(3)26/h8-11,14-15,26H,4-7,22H2,1-3H3,(H2,20,27)(H2,21,28)(H,23,31)(H,24,30)(H,25,29)(H,32,33). The molecule has 0 radical (unpaired) electrons. The van der Waals surface area contributed by atoms with Crippen molar-refractivity contribution < 1.29 is 39.0 Å². The maximum atomic E-state index is 12.8. The number of hydrogen-bond acceptors (Lipinski definition) is 8. The van der Waals surface area contributed by atoms with Crippen LogP contribution >= 0.6 is 0 Å². The summed E-state index contributed by atoms with van der Waals surface area (Å²) in [5.41, 5.74) is 15.7. The van der Waals surface area contributed by atoms with E-state index >= 15 is 0 Å². The molecule has 0 aromatic heterocycles. The van der Waals surface area contributed by atoms with Crippen LogP contribution in [0.2, 0.25) is 0 Å². The van der Waals surface area contributed by atoms with Gasteiger partial charge < -0.3 is 43.4 Å². The molecule has 14 heteroatoms. The number of nitrogens with two attached hydrogens (primary N) is 3. The molecule has 0 rings (SSSR count). The maximum Gasteiger partial charge on any atom is 0.326 e. The number of nitrogens with one attached hydrogen (secondary N) is 3. The van der Waals surface area contributed by atoms with Gasteiger partial charge in [0.25, 0.3) is 0 Å². The minimum Gasteiger partial charge on any atom is -0.480 e. The van der Waals surface area contributed by atoms with E-state index < -0.39 is 78.1 Å². The van der Waals surface area contributed by atoms with Crippen LogP contribution in [0, 0.1) is 5.92 Å². The summed E-state index contributed by atoms with van der Waals surface area (Å²) in [6, 6.07) is -5.55. The Labute approximate surface area is 191 Å². The van der Waals surface area contributed by atoms with Crippen molar-refractivity contribution in [3.05, 3.63) is 0 Å². The predicted molar refractivity (Wildman–Crippen MR) is 115 cm³/mol. The second kappa shape index (κ2) is 14.0. The zero-order valence-corrected chi connectivity index (χ0v) is 18.9. The number of carbonyl (C=O) groups excluding carboxylic acids is 5. The molecule has 0 aliphatic carbocycles. The van der Waals surface area contributed by atoms with Crippen LogP contribution in [0.5, 0.6) is 0 Å². The van der Waals surface area contributed by atoms with E-state index in [0.29, 0.717) is 6.42 Å². The van der Waals surface area contributed by atoms with E-state index in [9.17, 15) is 39.0 Å². The fourth-order valence-electron chi connectivity index (χ4n) is 2.66. The number of hydrogen-bond donors (Lipinski definition) is 8. The maximum absolute atomic E-state index is 12.8. The van der Waals surface area contributed by atoms with Gasteiger partial charge in [0.2, 0.25) is 29.5 Å². The highest BCUT2D eigenvalue weighted by Gasteiger charge is 2.33. The summed E-state index contributed by atoms with van der Waals surface area (Å²) < 4.78 is 0. The Bertz CT molecular complexity index is 744. The van der Waals surface area contributed by atoms with Crippen LogP contribution in [-0.4, -0.2) is 76.0 Å². The number of aliphatic hydroxyl groups excluding tert-OH is 1. The number of rotatable bonds is 15. The summed E-state index contributed by atoms with van der Waals surface area (Å²) in [5.74, 6) is -6.27. The quantitative estimate of drug-likeness (QED) is 0.116. The Morgan fingerprint density at radius 1 is 0.848 bits per heavy atom.